The Hall–Kier alpha value is -1.85. The van der Waals surface area contributed by atoms with Crippen LogP contribution in [-0.4, -0.2) is 45.3 Å². The molecule has 1 atom stereocenters. The van der Waals surface area contributed by atoms with Crippen LogP contribution in [0.15, 0.2) is 53.4 Å². The van der Waals surface area contributed by atoms with Gasteiger partial charge in [0.25, 0.3) is 0 Å². The molecule has 1 aliphatic heterocycles. The molecule has 26 heavy (non-hydrogen) atoms. The fraction of sp³-hybridized carbons (Fsp3) is 0.429. The van der Waals surface area contributed by atoms with Gasteiger partial charge in [-0.3, -0.25) is 0 Å². The van der Waals surface area contributed by atoms with E-state index in [9.17, 15) is 8.42 Å². The first kappa shape index (κ1) is 18.9. The van der Waals surface area contributed by atoms with E-state index >= 15 is 0 Å². The molecule has 0 bridgehead atoms. The molecule has 140 valence electrons. The molecule has 0 spiro atoms. The fourth-order valence-corrected chi connectivity index (χ4v) is 4.05. The lowest BCUT2D eigenvalue weighted by Gasteiger charge is -2.20. The third-order valence-electron chi connectivity index (χ3n) is 5.02. The van der Waals surface area contributed by atoms with Crippen LogP contribution in [0.1, 0.15) is 26.2 Å². The number of likely N-dealkylation sites (tertiary alicyclic amines) is 1. The molecule has 2 aromatic rings. The van der Waals surface area contributed by atoms with Crippen molar-refractivity contribution in [1.82, 2.24) is 4.90 Å². The second kappa shape index (κ2) is 8.23. The molecule has 0 amide bonds. The molecule has 5 heteroatoms. The highest BCUT2D eigenvalue weighted by Crippen LogP contribution is 2.24. The van der Waals surface area contributed by atoms with Crippen LogP contribution in [0.2, 0.25) is 0 Å². The molecular weight excluding hydrogens is 346 g/mol. The summed E-state index contributed by atoms with van der Waals surface area (Å²) >= 11 is 0. The summed E-state index contributed by atoms with van der Waals surface area (Å²) in [6.45, 7) is 5.35. The highest BCUT2D eigenvalue weighted by molar-refractivity contribution is 7.90. The largest absolute Gasteiger partial charge is 0.494 e. The highest BCUT2D eigenvalue weighted by Gasteiger charge is 2.19. The molecule has 2 aromatic carbocycles. The predicted octanol–water partition coefficient (Wildman–Crippen LogP) is 4.01. The summed E-state index contributed by atoms with van der Waals surface area (Å²) in [6.07, 6.45) is 4.89. The number of ether oxygens (including phenoxy) is 1. The Labute approximate surface area is 156 Å². The summed E-state index contributed by atoms with van der Waals surface area (Å²) in [5.74, 6) is 0.871. The maximum atomic E-state index is 11.5. The summed E-state index contributed by atoms with van der Waals surface area (Å²) in [5, 5.41) is 0. The van der Waals surface area contributed by atoms with Crippen molar-refractivity contribution >= 4 is 9.84 Å². The third-order valence-corrected chi connectivity index (χ3v) is 6.15. The topological polar surface area (TPSA) is 46.6 Å². The summed E-state index contributed by atoms with van der Waals surface area (Å²) in [4.78, 5) is 2.88. The van der Waals surface area contributed by atoms with E-state index in [1.54, 1.807) is 12.1 Å². The summed E-state index contributed by atoms with van der Waals surface area (Å²) < 4.78 is 28.9. The first-order valence-electron chi connectivity index (χ1n) is 9.21. The minimum atomic E-state index is -3.15. The lowest BCUT2D eigenvalue weighted by atomic mass is 10.1. The van der Waals surface area contributed by atoms with Crippen molar-refractivity contribution in [2.75, 3.05) is 26.0 Å². The average Bonchev–Trinajstić information content (AvgIpc) is 3.04. The van der Waals surface area contributed by atoms with Gasteiger partial charge in [0.1, 0.15) is 5.75 Å². The van der Waals surface area contributed by atoms with Gasteiger partial charge in [-0.1, -0.05) is 24.3 Å². The zero-order valence-electron chi connectivity index (χ0n) is 15.5. The lowest BCUT2D eigenvalue weighted by molar-refractivity contribution is 0.230. The fourth-order valence-electron chi connectivity index (χ4n) is 3.42. The normalized spacial score (nSPS) is 18.2. The van der Waals surface area contributed by atoms with Gasteiger partial charge in [0.2, 0.25) is 0 Å². The molecule has 0 saturated carbocycles. The van der Waals surface area contributed by atoms with Crippen molar-refractivity contribution in [3.8, 4) is 16.9 Å². The Morgan fingerprint density at radius 1 is 1.04 bits per heavy atom. The van der Waals surface area contributed by atoms with Crippen LogP contribution < -0.4 is 4.74 Å². The molecule has 0 aliphatic carbocycles. The molecule has 0 unspecified atom stereocenters. The molecular formula is C21H27NO3S. The quantitative estimate of drug-likeness (QED) is 0.688. The second-order valence-electron chi connectivity index (χ2n) is 7.05. The van der Waals surface area contributed by atoms with Crippen LogP contribution in [-0.2, 0) is 9.84 Å². The highest BCUT2D eigenvalue weighted by atomic mass is 32.2. The van der Waals surface area contributed by atoms with E-state index < -0.39 is 9.84 Å². The van der Waals surface area contributed by atoms with E-state index in [0.29, 0.717) is 10.9 Å². The molecule has 0 N–H and O–H groups in total. The van der Waals surface area contributed by atoms with Gasteiger partial charge < -0.3 is 9.64 Å². The van der Waals surface area contributed by atoms with Gasteiger partial charge in [-0.25, -0.2) is 8.42 Å². The molecule has 1 heterocycles. The number of benzene rings is 2. The SMILES string of the molecule is C[C@@H]1CCCN1CCCOc1ccc(-c2ccc(S(C)(=O)=O)cc2)cc1. The van der Waals surface area contributed by atoms with E-state index in [0.717, 1.165) is 36.4 Å². The summed E-state index contributed by atoms with van der Waals surface area (Å²) in [6, 6.07) is 15.6. The van der Waals surface area contributed by atoms with Crippen molar-refractivity contribution in [2.45, 2.75) is 37.1 Å². The van der Waals surface area contributed by atoms with E-state index in [4.69, 9.17) is 4.74 Å². The van der Waals surface area contributed by atoms with Gasteiger partial charge >= 0.3 is 0 Å². The zero-order chi connectivity index (χ0) is 18.6. The maximum absolute atomic E-state index is 11.5. The molecule has 4 nitrogen and oxygen atoms in total. The van der Waals surface area contributed by atoms with Crippen LogP contribution in [0.4, 0.5) is 0 Å². The van der Waals surface area contributed by atoms with Crippen molar-refractivity contribution in [2.24, 2.45) is 0 Å². The number of nitrogens with zero attached hydrogens (tertiary/aromatic N) is 1. The Kier molecular flexibility index (Phi) is 5.99. The third kappa shape index (κ3) is 4.86. The Morgan fingerprint density at radius 2 is 1.65 bits per heavy atom. The maximum Gasteiger partial charge on any atom is 0.175 e. The first-order valence-corrected chi connectivity index (χ1v) is 11.1. The van der Waals surface area contributed by atoms with Crippen LogP contribution >= 0.6 is 0 Å². The molecule has 1 aliphatic rings. The van der Waals surface area contributed by atoms with E-state index in [2.05, 4.69) is 11.8 Å². The molecule has 3 rings (SSSR count). The van der Waals surface area contributed by atoms with Crippen LogP contribution in [0.5, 0.6) is 5.75 Å². The lowest BCUT2D eigenvalue weighted by Crippen LogP contribution is -2.28. The minimum absolute atomic E-state index is 0.341. The van der Waals surface area contributed by atoms with Gasteiger partial charge in [0.05, 0.1) is 11.5 Å². The van der Waals surface area contributed by atoms with Gasteiger partial charge in [-0.05, 0) is 68.1 Å². The number of hydrogen-bond donors (Lipinski definition) is 0. The smallest absolute Gasteiger partial charge is 0.175 e. The molecule has 1 fully saturated rings. The van der Waals surface area contributed by atoms with Gasteiger partial charge in [0, 0.05) is 18.8 Å². The summed E-state index contributed by atoms with van der Waals surface area (Å²) in [5.41, 5.74) is 2.04. The molecule has 0 aromatic heterocycles. The van der Waals surface area contributed by atoms with Crippen LogP contribution in [0.25, 0.3) is 11.1 Å². The van der Waals surface area contributed by atoms with Crippen molar-refractivity contribution in [1.29, 1.82) is 0 Å². The van der Waals surface area contributed by atoms with E-state index in [-0.39, 0.29) is 0 Å². The average molecular weight is 374 g/mol. The zero-order valence-corrected chi connectivity index (χ0v) is 16.3. The Balaban J connectivity index is 1.51. The van der Waals surface area contributed by atoms with Crippen molar-refractivity contribution < 1.29 is 13.2 Å². The first-order chi connectivity index (χ1) is 12.4. The van der Waals surface area contributed by atoms with E-state index in [1.165, 1.54) is 25.6 Å². The van der Waals surface area contributed by atoms with Crippen LogP contribution in [0, 0.1) is 0 Å². The summed E-state index contributed by atoms with van der Waals surface area (Å²) in [7, 11) is -3.15. The number of sulfone groups is 1. The van der Waals surface area contributed by atoms with Crippen molar-refractivity contribution in [3.63, 3.8) is 0 Å². The minimum Gasteiger partial charge on any atom is -0.494 e. The van der Waals surface area contributed by atoms with Gasteiger partial charge in [-0.2, -0.15) is 0 Å². The number of hydrogen-bond acceptors (Lipinski definition) is 4. The second-order valence-corrected chi connectivity index (χ2v) is 9.07. The van der Waals surface area contributed by atoms with E-state index in [1.807, 2.05) is 36.4 Å². The Bertz CT molecular complexity index is 813. The molecule has 1 saturated heterocycles. The molecule has 0 radical (unpaired) electrons. The monoisotopic (exact) mass is 373 g/mol. The van der Waals surface area contributed by atoms with Crippen LogP contribution in [0.3, 0.4) is 0 Å². The van der Waals surface area contributed by atoms with Gasteiger partial charge in [0.15, 0.2) is 9.84 Å². The van der Waals surface area contributed by atoms with Crippen molar-refractivity contribution in [3.05, 3.63) is 48.5 Å². The number of rotatable bonds is 7. The standard InChI is InChI=1S/C21H27NO3S/c1-17-5-3-14-22(17)15-4-16-25-20-10-6-18(7-11-20)19-8-12-21(13-9-19)26(2,23)24/h6-13,17H,3-5,14-16H2,1-2H3/t17-/m1/s1. The predicted molar refractivity (Wildman–Crippen MR) is 105 cm³/mol. The Morgan fingerprint density at radius 3 is 2.19 bits per heavy atom. The van der Waals surface area contributed by atoms with Gasteiger partial charge in [-0.15, -0.1) is 0 Å².